The monoisotopic (exact) mass is 236 g/mol. The highest BCUT2D eigenvalue weighted by Crippen LogP contribution is 2.22. The van der Waals surface area contributed by atoms with Gasteiger partial charge in [-0.2, -0.15) is 0 Å². The van der Waals surface area contributed by atoms with E-state index in [9.17, 15) is 4.39 Å². The summed E-state index contributed by atoms with van der Waals surface area (Å²) in [6.45, 7) is 7.40. The average molecular weight is 236 g/mol. The zero-order chi connectivity index (χ0) is 12.3. The van der Waals surface area contributed by atoms with Crippen molar-refractivity contribution in [2.75, 3.05) is 24.5 Å². The van der Waals surface area contributed by atoms with E-state index in [0.717, 1.165) is 38.2 Å². The zero-order valence-electron chi connectivity index (χ0n) is 10.7. The molecule has 1 fully saturated rings. The van der Waals surface area contributed by atoms with Gasteiger partial charge in [0.15, 0.2) is 0 Å². The van der Waals surface area contributed by atoms with Gasteiger partial charge in [-0.25, -0.2) is 4.39 Å². The molecule has 0 spiro atoms. The van der Waals surface area contributed by atoms with Crippen molar-refractivity contribution in [3.05, 3.63) is 30.1 Å². The van der Waals surface area contributed by atoms with E-state index in [0.29, 0.717) is 0 Å². The minimum Gasteiger partial charge on any atom is -0.370 e. The smallest absolute Gasteiger partial charge is 0.125 e. The first kappa shape index (κ1) is 12.4. The van der Waals surface area contributed by atoms with E-state index in [2.05, 4.69) is 24.1 Å². The molecule has 1 atom stereocenters. The molecule has 0 amide bonds. The van der Waals surface area contributed by atoms with Crippen molar-refractivity contribution in [3.8, 4) is 0 Å². The standard InChI is InChI=1S/C14H21FN2/c1-3-14(2)11-17(9-5-8-16-14)13-7-4-6-12(15)10-13/h4,6-7,10,16H,3,5,8-9,11H2,1-2H3. The molecule has 0 saturated carbocycles. The van der Waals surface area contributed by atoms with Crippen LogP contribution in [0.3, 0.4) is 0 Å². The van der Waals surface area contributed by atoms with E-state index >= 15 is 0 Å². The molecule has 1 heterocycles. The molecule has 0 bridgehead atoms. The Labute approximate surface area is 103 Å². The van der Waals surface area contributed by atoms with Crippen LogP contribution in [-0.4, -0.2) is 25.2 Å². The molecule has 0 aliphatic carbocycles. The van der Waals surface area contributed by atoms with Gasteiger partial charge in [0, 0.05) is 24.3 Å². The van der Waals surface area contributed by atoms with E-state index < -0.39 is 0 Å². The third-order valence-electron chi connectivity index (χ3n) is 3.65. The van der Waals surface area contributed by atoms with Crippen molar-refractivity contribution >= 4 is 5.69 Å². The average Bonchev–Trinajstić information content (AvgIpc) is 2.52. The summed E-state index contributed by atoms with van der Waals surface area (Å²) in [5.74, 6) is -0.155. The predicted molar refractivity (Wildman–Crippen MR) is 69.9 cm³/mol. The summed E-state index contributed by atoms with van der Waals surface area (Å²) in [6.07, 6.45) is 2.19. The quantitative estimate of drug-likeness (QED) is 0.849. The van der Waals surface area contributed by atoms with E-state index in [1.807, 2.05) is 6.07 Å². The minimum absolute atomic E-state index is 0.128. The molecule has 2 rings (SSSR count). The van der Waals surface area contributed by atoms with Crippen LogP contribution in [0.25, 0.3) is 0 Å². The first-order valence-electron chi connectivity index (χ1n) is 6.38. The summed E-state index contributed by atoms with van der Waals surface area (Å²) < 4.78 is 13.3. The maximum absolute atomic E-state index is 13.3. The number of hydrogen-bond acceptors (Lipinski definition) is 2. The van der Waals surface area contributed by atoms with Crippen LogP contribution in [-0.2, 0) is 0 Å². The van der Waals surface area contributed by atoms with Crippen molar-refractivity contribution in [1.29, 1.82) is 0 Å². The van der Waals surface area contributed by atoms with Gasteiger partial charge < -0.3 is 10.2 Å². The Morgan fingerprint density at radius 2 is 2.29 bits per heavy atom. The highest BCUT2D eigenvalue weighted by Gasteiger charge is 2.27. The number of benzene rings is 1. The molecule has 17 heavy (non-hydrogen) atoms. The van der Waals surface area contributed by atoms with Crippen LogP contribution in [0.15, 0.2) is 24.3 Å². The van der Waals surface area contributed by atoms with Crippen molar-refractivity contribution in [2.45, 2.75) is 32.2 Å². The fourth-order valence-electron chi connectivity index (χ4n) is 2.35. The second-order valence-electron chi connectivity index (χ2n) is 5.10. The number of rotatable bonds is 2. The van der Waals surface area contributed by atoms with Crippen LogP contribution in [0.1, 0.15) is 26.7 Å². The van der Waals surface area contributed by atoms with Gasteiger partial charge in [-0.05, 0) is 44.5 Å². The van der Waals surface area contributed by atoms with Gasteiger partial charge in [-0.15, -0.1) is 0 Å². The maximum Gasteiger partial charge on any atom is 0.125 e. The van der Waals surface area contributed by atoms with Gasteiger partial charge in [0.2, 0.25) is 0 Å². The molecule has 1 aromatic rings. The molecule has 94 valence electrons. The Morgan fingerprint density at radius 1 is 1.47 bits per heavy atom. The highest BCUT2D eigenvalue weighted by molar-refractivity contribution is 5.47. The lowest BCUT2D eigenvalue weighted by molar-refractivity contribution is 0.366. The van der Waals surface area contributed by atoms with Crippen molar-refractivity contribution < 1.29 is 4.39 Å². The van der Waals surface area contributed by atoms with E-state index in [4.69, 9.17) is 0 Å². The molecular formula is C14H21FN2. The third kappa shape index (κ3) is 2.97. The molecule has 2 nitrogen and oxygen atoms in total. The second kappa shape index (κ2) is 5.05. The fourth-order valence-corrected chi connectivity index (χ4v) is 2.35. The number of anilines is 1. The summed E-state index contributed by atoms with van der Waals surface area (Å²) in [6, 6.07) is 6.90. The minimum atomic E-state index is -0.155. The van der Waals surface area contributed by atoms with E-state index in [-0.39, 0.29) is 11.4 Å². The normalized spacial score (nSPS) is 25.7. The third-order valence-corrected chi connectivity index (χ3v) is 3.65. The molecule has 3 heteroatoms. The van der Waals surface area contributed by atoms with Crippen LogP contribution in [0.2, 0.25) is 0 Å². The van der Waals surface area contributed by atoms with Crippen LogP contribution >= 0.6 is 0 Å². The van der Waals surface area contributed by atoms with Gasteiger partial charge in [0.05, 0.1) is 0 Å². The van der Waals surface area contributed by atoms with Crippen molar-refractivity contribution in [3.63, 3.8) is 0 Å². The van der Waals surface area contributed by atoms with Crippen molar-refractivity contribution in [2.24, 2.45) is 0 Å². The SMILES string of the molecule is CCC1(C)CN(c2cccc(F)c2)CCCN1. The van der Waals surface area contributed by atoms with Gasteiger partial charge in [-0.1, -0.05) is 13.0 Å². The van der Waals surface area contributed by atoms with Gasteiger partial charge in [0.1, 0.15) is 5.82 Å². The Kier molecular flexibility index (Phi) is 3.67. The topological polar surface area (TPSA) is 15.3 Å². The Bertz CT molecular complexity index is 380. The van der Waals surface area contributed by atoms with Crippen LogP contribution in [0.5, 0.6) is 0 Å². The van der Waals surface area contributed by atoms with Crippen LogP contribution in [0.4, 0.5) is 10.1 Å². The van der Waals surface area contributed by atoms with Crippen LogP contribution in [0, 0.1) is 5.82 Å². The summed E-state index contributed by atoms with van der Waals surface area (Å²) in [5.41, 5.74) is 1.12. The van der Waals surface area contributed by atoms with Crippen LogP contribution < -0.4 is 10.2 Å². The largest absolute Gasteiger partial charge is 0.370 e. The highest BCUT2D eigenvalue weighted by atomic mass is 19.1. The molecule has 1 aliphatic heterocycles. The number of hydrogen-bond donors (Lipinski definition) is 1. The molecule has 1 N–H and O–H groups in total. The first-order chi connectivity index (χ1) is 8.13. The molecule has 1 unspecified atom stereocenters. The molecule has 1 saturated heterocycles. The zero-order valence-corrected chi connectivity index (χ0v) is 10.7. The summed E-state index contributed by atoms with van der Waals surface area (Å²) in [7, 11) is 0. The van der Waals surface area contributed by atoms with Gasteiger partial charge in [-0.3, -0.25) is 0 Å². The molecule has 1 aliphatic rings. The lowest BCUT2D eigenvalue weighted by atomic mass is 9.98. The molecular weight excluding hydrogens is 215 g/mol. The molecule has 0 aromatic heterocycles. The lowest BCUT2D eigenvalue weighted by Gasteiger charge is -2.33. The molecule has 1 aromatic carbocycles. The summed E-state index contributed by atoms with van der Waals surface area (Å²) in [5, 5.41) is 3.59. The van der Waals surface area contributed by atoms with E-state index in [1.165, 1.54) is 6.07 Å². The second-order valence-corrected chi connectivity index (χ2v) is 5.10. The maximum atomic E-state index is 13.3. The van der Waals surface area contributed by atoms with Gasteiger partial charge >= 0.3 is 0 Å². The number of nitrogens with zero attached hydrogens (tertiary/aromatic N) is 1. The Balaban J connectivity index is 2.19. The van der Waals surface area contributed by atoms with Gasteiger partial charge in [0.25, 0.3) is 0 Å². The Morgan fingerprint density at radius 3 is 3.00 bits per heavy atom. The predicted octanol–water partition coefficient (Wildman–Crippen LogP) is 2.79. The Hall–Kier alpha value is -1.09. The number of nitrogens with one attached hydrogen (secondary N) is 1. The van der Waals surface area contributed by atoms with Crippen molar-refractivity contribution in [1.82, 2.24) is 5.32 Å². The fraction of sp³-hybridized carbons (Fsp3) is 0.571. The summed E-state index contributed by atoms with van der Waals surface area (Å²) in [4.78, 5) is 2.28. The first-order valence-corrected chi connectivity index (χ1v) is 6.38. The lowest BCUT2D eigenvalue weighted by Crippen LogP contribution is -2.48. The molecule has 0 radical (unpaired) electrons. The number of halogens is 1. The summed E-state index contributed by atoms with van der Waals surface area (Å²) >= 11 is 0. The van der Waals surface area contributed by atoms with E-state index in [1.54, 1.807) is 12.1 Å².